The van der Waals surface area contributed by atoms with Crippen LogP contribution in [0.15, 0.2) is 30.5 Å². The van der Waals surface area contributed by atoms with E-state index >= 15 is 0 Å². The second-order valence-electron chi connectivity index (χ2n) is 6.16. The molecular weight excluding hydrogens is 309 g/mol. The molecule has 2 aromatic rings. The predicted octanol–water partition coefficient (Wildman–Crippen LogP) is 1.72. The van der Waals surface area contributed by atoms with Gasteiger partial charge in [0.15, 0.2) is 5.82 Å². The number of aromatic nitrogens is 2. The van der Waals surface area contributed by atoms with Gasteiger partial charge in [0.1, 0.15) is 12.4 Å². The molecule has 6 heteroatoms. The van der Waals surface area contributed by atoms with Crippen molar-refractivity contribution in [1.29, 1.82) is 0 Å². The van der Waals surface area contributed by atoms with Gasteiger partial charge in [0.05, 0.1) is 6.10 Å². The summed E-state index contributed by atoms with van der Waals surface area (Å²) in [5.41, 5.74) is 3.12. The van der Waals surface area contributed by atoms with Crippen LogP contribution in [0.2, 0.25) is 0 Å². The molecule has 0 bridgehead atoms. The molecule has 1 aromatic carbocycles. The van der Waals surface area contributed by atoms with E-state index in [9.17, 15) is 9.50 Å². The number of halogens is 1. The molecule has 1 unspecified atom stereocenters. The van der Waals surface area contributed by atoms with Gasteiger partial charge in [-0.3, -0.25) is 4.90 Å². The monoisotopic (exact) mass is 331 g/mol. The first-order chi connectivity index (χ1) is 11.6. The Labute approximate surface area is 141 Å². The second kappa shape index (κ2) is 7.79. The highest BCUT2D eigenvalue weighted by molar-refractivity contribution is 5.21. The van der Waals surface area contributed by atoms with Crippen molar-refractivity contribution < 1.29 is 14.2 Å². The molecule has 0 amide bonds. The summed E-state index contributed by atoms with van der Waals surface area (Å²) in [5, 5.41) is 10.3. The zero-order valence-corrected chi connectivity index (χ0v) is 13.8. The van der Waals surface area contributed by atoms with Gasteiger partial charge >= 0.3 is 0 Å². The maximum absolute atomic E-state index is 12.9. The van der Waals surface area contributed by atoms with Crippen molar-refractivity contribution in [2.24, 2.45) is 0 Å². The number of aliphatic hydroxyl groups is 1. The topological polar surface area (TPSA) is 58.5 Å². The number of benzene rings is 1. The van der Waals surface area contributed by atoms with Crippen molar-refractivity contribution in [3.05, 3.63) is 58.9 Å². The van der Waals surface area contributed by atoms with Gasteiger partial charge < -0.3 is 9.84 Å². The van der Waals surface area contributed by atoms with E-state index in [0.29, 0.717) is 25.4 Å². The number of hydrogen-bond donors (Lipinski definition) is 1. The number of aliphatic hydroxyl groups excluding tert-OH is 1. The largest absolute Gasteiger partial charge is 0.391 e. The number of methoxy groups -OCH3 is 1. The van der Waals surface area contributed by atoms with Crippen LogP contribution in [0.5, 0.6) is 0 Å². The Morgan fingerprint density at radius 2 is 2.12 bits per heavy atom. The standard InChI is InChI=1S/C18H22FN3O2/c1-24-12-18-20-9-14-10-22(7-6-17(14)21-18)11-16(23)8-13-2-4-15(19)5-3-13/h2-5,9,16,23H,6-8,10-12H2,1H3. The Morgan fingerprint density at radius 1 is 1.33 bits per heavy atom. The Morgan fingerprint density at radius 3 is 2.88 bits per heavy atom. The van der Waals surface area contributed by atoms with Crippen LogP contribution in [-0.4, -0.2) is 46.3 Å². The summed E-state index contributed by atoms with van der Waals surface area (Å²) < 4.78 is 18.0. The molecular formula is C18H22FN3O2. The van der Waals surface area contributed by atoms with E-state index in [1.54, 1.807) is 19.2 Å². The average molecular weight is 331 g/mol. The molecule has 24 heavy (non-hydrogen) atoms. The minimum absolute atomic E-state index is 0.256. The highest BCUT2D eigenvalue weighted by Crippen LogP contribution is 2.17. The van der Waals surface area contributed by atoms with E-state index in [1.807, 2.05) is 6.20 Å². The van der Waals surface area contributed by atoms with Crippen LogP contribution in [0.25, 0.3) is 0 Å². The molecule has 1 atom stereocenters. The molecule has 0 saturated carbocycles. The summed E-state index contributed by atoms with van der Waals surface area (Å²) in [6.45, 7) is 2.60. The van der Waals surface area contributed by atoms with Crippen molar-refractivity contribution in [2.45, 2.75) is 32.1 Å². The van der Waals surface area contributed by atoms with Gasteiger partial charge in [-0.2, -0.15) is 0 Å². The van der Waals surface area contributed by atoms with Crippen LogP contribution in [0.3, 0.4) is 0 Å². The Hall–Kier alpha value is -1.89. The number of β-amino-alcohol motifs (C(OH)–C–C–N with tert-alkyl or cyclic N) is 1. The molecule has 0 saturated heterocycles. The van der Waals surface area contributed by atoms with Gasteiger partial charge in [-0.25, -0.2) is 14.4 Å². The third-order valence-electron chi connectivity index (χ3n) is 4.19. The molecule has 1 aliphatic rings. The highest BCUT2D eigenvalue weighted by Gasteiger charge is 2.20. The molecule has 1 aromatic heterocycles. The quantitative estimate of drug-likeness (QED) is 0.873. The maximum atomic E-state index is 12.9. The highest BCUT2D eigenvalue weighted by atomic mass is 19.1. The van der Waals surface area contributed by atoms with E-state index in [-0.39, 0.29) is 5.82 Å². The van der Waals surface area contributed by atoms with Crippen molar-refractivity contribution in [2.75, 3.05) is 20.2 Å². The normalized spacial score (nSPS) is 16.0. The summed E-state index contributed by atoms with van der Waals surface area (Å²) >= 11 is 0. The van der Waals surface area contributed by atoms with Gasteiger partial charge in [0, 0.05) is 50.6 Å². The van der Waals surface area contributed by atoms with Gasteiger partial charge in [-0.1, -0.05) is 12.1 Å². The Bertz CT molecular complexity index is 678. The summed E-state index contributed by atoms with van der Waals surface area (Å²) in [5.74, 6) is 0.453. The molecule has 1 aliphatic heterocycles. The zero-order valence-electron chi connectivity index (χ0n) is 13.8. The molecule has 0 fully saturated rings. The fraction of sp³-hybridized carbons (Fsp3) is 0.444. The number of nitrogens with zero attached hydrogens (tertiary/aromatic N) is 3. The Balaban J connectivity index is 1.56. The fourth-order valence-electron chi connectivity index (χ4n) is 3.03. The lowest BCUT2D eigenvalue weighted by molar-refractivity contribution is 0.105. The van der Waals surface area contributed by atoms with Gasteiger partial charge in [-0.15, -0.1) is 0 Å². The lowest BCUT2D eigenvalue weighted by Gasteiger charge is -2.29. The zero-order chi connectivity index (χ0) is 16.9. The first-order valence-corrected chi connectivity index (χ1v) is 8.11. The molecule has 128 valence electrons. The van der Waals surface area contributed by atoms with E-state index in [4.69, 9.17) is 4.74 Å². The number of hydrogen-bond acceptors (Lipinski definition) is 5. The second-order valence-corrected chi connectivity index (χ2v) is 6.16. The van der Waals surface area contributed by atoms with Gasteiger partial charge in [-0.05, 0) is 24.1 Å². The molecule has 0 aliphatic carbocycles. The smallest absolute Gasteiger partial charge is 0.154 e. The van der Waals surface area contributed by atoms with Gasteiger partial charge in [0.2, 0.25) is 0 Å². The minimum atomic E-state index is -0.481. The van der Waals surface area contributed by atoms with Crippen LogP contribution in [0.4, 0.5) is 4.39 Å². The summed E-state index contributed by atoms with van der Waals surface area (Å²) in [4.78, 5) is 11.0. The molecule has 3 rings (SSSR count). The fourth-order valence-corrected chi connectivity index (χ4v) is 3.03. The minimum Gasteiger partial charge on any atom is -0.391 e. The molecule has 5 nitrogen and oxygen atoms in total. The van der Waals surface area contributed by atoms with E-state index in [2.05, 4.69) is 14.9 Å². The van der Waals surface area contributed by atoms with E-state index < -0.39 is 6.10 Å². The van der Waals surface area contributed by atoms with E-state index in [1.165, 1.54) is 12.1 Å². The van der Waals surface area contributed by atoms with Crippen LogP contribution < -0.4 is 0 Å². The first-order valence-electron chi connectivity index (χ1n) is 8.11. The van der Waals surface area contributed by atoms with Crippen LogP contribution in [0.1, 0.15) is 22.6 Å². The third-order valence-corrected chi connectivity index (χ3v) is 4.19. The number of fused-ring (bicyclic) bond motifs is 1. The summed E-state index contributed by atoms with van der Waals surface area (Å²) in [6.07, 6.45) is 2.74. The molecule has 2 heterocycles. The van der Waals surface area contributed by atoms with Crippen molar-refractivity contribution in [3.63, 3.8) is 0 Å². The lowest BCUT2D eigenvalue weighted by atomic mass is 10.0. The summed E-state index contributed by atoms with van der Waals surface area (Å²) in [7, 11) is 1.63. The van der Waals surface area contributed by atoms with Crippen molar-refractivity contribution in [3.8, 4) is 0 Å². The Kier molecular flexibility index (Phi) is 5.50. The first kappa shape index (κ1) is 17.0. The van der Waals surface area contributed by atoms with Crippen molar-refractivity contribution >= 4 is 0 Å². The number of ether oxygens (including phenoxy) is 1. The predicted molar refractivity (Wildman–Crippen MR) is 87.8 cm³/mol. The molecule has 0 spiro atoms. The maximum Gasteiger partial charge on any atom is 0.154 e. The molecule has 1 N–H and O–H groups in total. The van der Waals surface area contributed by atoms with Crippen LogP contribution >= 0.6 is 0 Å². The SMILES string of the molecule is COCc1ncc2c(n1)CCN(CC(O)Cc1ccc(F)cc1)C2. The molecule has 0 radical (unpaired) electrons. The van der Waals surface area contributed by atoms with Crippen LogP contribution in [-0.2, 0) is 30.7 Å². The van der Waals surface area contributed by atoms with Crippen molar-refractivity contribution in [1.82, 2.24) is 14.9 Å². The lowest BCUT2D eigenvalue weighted by Crippen LogP contribution is -2.38. The third kappa shape index (κ3) is 4.35. The van der Waals surface area contributed by atoms with Gasteiger partial charge in [0.25, 0.3) is 0 Å². The van der Waals surface area contributed by atoms with E-state index in [0.717, 1.165) is 36.3 Å². The van der Waals surface area contributed by atoms with Crippen LogP contribution in [0, 0.1) is 5.82 Å². The summed E-state index contributed by atoms with van der Waals surface area (Å²) in [6, 6.07) is 6.28. The number of rotatable bonds is 6. The average Bonchev–Trinajstić information content (AvgIpc) is 2.57.